The fourth-order valence-electron chi connectivity index (χ4n) is 1.89. The Kier molecular flexibility index (Phi) is 3.46. The third kappa shape index (κ3) is 2.59. The minimum atomic E-state index is -0.938. The normalized spacial score (nSPS) is 10.6. The first kappa shape index (κ1) is 12.4. The number of carboxylic acid groups (broad SMARTS) is 1. The summed E-state index contributed by atoms with van der Waals surface area (Å²) in [5, 5.41) is 8.93. The van der Waals surface area contributed by atoms with Gasteiger partial charge in [0.05, 0.1) is 6.20 Å². The molecular weight excluding hydrogens is 228 g/mol. The Bertz CT molecular complexity index is 556. The van der Waals surface area contributed by atoms with Crippen molar-refractivity contribution in [2.45, 2.75) is 19.8 Å². The Morgan fingerprint density at radius 1 is 1.28 bits per heavy atom. The van der Waals surface area contributed by atoms with Crippen LogP contribution in [0.4, 0.5) is 0 Å². The molecule has 0 radical (unpaired) electrons. The van der Waals surface area contributed by atoms with Gasteiger partial charge in [-0.3, -0.25) is 0 Å². The lowest BCUT2D eigenvalue weighted by Gasteiger charge is -2.04. The SMILES string of the molecule is Cc1ccc(CCc2ncc(C(=O)O)n2C)cc1. The van der Waals surface area contributed by atoms with Gasteiger partial charge in [0.1, 0.15) is 11.5 Å². The predicted octanol–water partition coefficient (Wildman–Crippen LogP) is 2.21. The van der Waals surface area contributed by atoms with Crippen LogP contribution in [0.2, 0.25) is 0 Å². The number of carbonyl (C=O) groups is 1. The number of aryl methyl sites for hydroxylation is 3. The summed E-state index contributed by atoms with van der Waals surface area (Å²) in [5.41, 5.74) is 2.71. The summed E-state index contributed by atoms with van der Waals surface area (Å²) in [6.45, 7) is 2.06. The molecule has 0 fully saturated rings. The largest absolute Gasteiger partial charge is 0.477 e. The van der Waals surface area contributed by atoms with Gasteiger partial charge in [-0.25, -0.2) is 9.78 Å². The summed E-state index contributed by atoms with van der Waals surface area (Å²) in [6, 6.07) is 8.35. The summed E-state index contributed by atoms with van der Waals surface area (Å²) in [6.07, 6.45) is 3.02. The molecule has 0 aliphatic rings. The molecule has 94 valence electrons. The van der Waals surface area contributed by atoms with Crippen LogP contribution in [-0.2, 0) is 19.9 Å². The highest BCUT2D eigenvalue weighted by atomic mass is 16.4. The van der Waals surface area contributed by atoms with Crippen LogP contribution in [0.15, 0.2) is 30.5 Å². The highest BCUT2D eigenvalue weighted by molar-refractivity contribution is 5.85. The first-order chi connectivity index (χ1) is 8.58. The molecule has 18 heavy (non-hydrogen) atoms. The maximum atomic E-state index is 10.9. The average molecular weight is 244 g/mol. The van der Waals surface area contributed by atoms with Crippen LogP contribution in [0.3, 0.4) is 0 Å². The molecule has 0 spiro atoms. The highest BCUT2D eigenvalue weighted by Crippen LogP contribution is 2.09. The first-order valence-corrected chi connectivity index (χ1v) is 5.87. The maximum Gasteiger partial charge on any atom is 0.354 e. The molecule has 0 unspecified atom stereocenters. The topological polar surface area (TPSA) is 55.1 Å². The van der Waals surface area contributed by atoms with Crippen molar-refractivity contribution in [2.75, 3.05) is 0 Å². The van der Waals surface area contributed by atoms with Crippen LogP contribution in [0.1, 0.15) is 27.4 Å². The summed E-state index contributed by atoms with van der Waals surface area (Å²) in [4.78, 5) is 15.0. The predicted molar refractivity (Wildman–Crippen MR) is 68.8 cm³/mol. The Hall–Kier alpha value is -2.10. The molecule has 0 aliphatic heterocycles. The van der Waals surface area contributed by atoms with E-state index in [0.29, 0.717) is 0 Å². The molecule has 0 amide bonds. The fourth-order valence-corrected chi connectivity index (χ4v) is 1.89. The van der Waals surface area contributed by atoms with Crippen molar-refractivity contribution in [3.05, 3.63) is 53.1 Å². The molecule has 0 atom stereocenters. The van der Waals surface area contributed by atoms with E-state index in [4.69, 9.17) is 5.11 Å². The lowest BCUT2D eigenvalue weighted by Crippen LogP contribution is -2.07. The van der Waals surface area contributed by atoms with Gasteiger partial charge in [-0.2, -0.15) is 0 Å². The van der Waals surface area contributed by atoms with Crippen LogP contribution in [0.25, 0.3) is 0 Å². The zero-order chi connectivity index (χ0) is 13.1. The molecule has 1 heterocycles. The van der Waals surface area contributed by atoms with E-state index in [1.807, 2.05) is 0 Å². The van der Waals surface area contributed by atoms with E-state index in [-0.39, 0.29) is 5.69 Å². The van der Waals surface area contributed by atoms with Gasteiger partial charge in [0.15, 0.2) is 0 Å². The van der Waals surface area contributed by atoms with E-state index in [9.17, 15) is 4.79 Å². The summed E-state index contributed by atoms with van der Waals surface area (Å²) >= 11 is 0. The highest BCUT2D eigenvalue weighted by Gasteiger charge is 2.11. The van der Waals surface area contributed by atoms with Crippen molar-refractivity contribution in [3.8, 4) is 0 Å². The number of rotatable bonds is 4. The van der Waals surface area contributed by atoms with Crippen molar-refractivity contribution >= 4 is 5.97 Å². The number of hydrogen-bond acceptors (Lipinski definition) is 2. The summed E-state index contributed by atoms with van der Waals surface area (Å²) < 4.78 is 1.64. The van der Waals surface area contributed by atoms with Crippen LogP contribution in [0.5, 0.6) is 0 Å². The molecule has 1 aromatic heterocycles. The molecule has 0 saturated carbocycles. The van der Waals surface area contributed by atoms with Crippen LogP contribution in [-0.4, -0.2) is 20.6 Å². The summed E-state index contributed by atoms with van der Waals surface area (Å²) in [7, 11) is 1.74. The van der Waals surface area contributed by atoms with E-state index in [2.05, 4.69) is 36.2 Å². The molecule has 0 saturated heterocycles. The number of benzene rings is 1. The molecule has 2 aromatic rings. The molecular formula is C14H16N2O2. The van der Waals surface area contributed by atoms with Crippen molar-refractivity contribution in [3.63, 3.8) is 0 Å². The Morgan fingerprint density at radius 2 is 1.94 bits per heavy atom. The van der Waals surface area contributed by atoms with Gasteiger partial charge in [0, 0.05) is 13.5 Å². The number of carboxylic acids is 1. The molecule has 1 N–H and O–H groups in total. The van der Waals surface area contributed by atoms with Crippen molar-refractivity contribution < 1.29 is 9.90 Å². The van der Waals surface area contributed by atoms with E-state index in [1.54, 1.807) is 11.6 Å². The van der Waals surface area contributed by atoms with Crippen LogP contribution < -0.4 is 0 Å². The molecule has 2 rings (SSSR count). The van der Waals surface area contributed by atoms with Crippen molar-refractivity contribution in [1.82, 2.24) is 9.55 Å². The number of nitrogens with zero attached hydrogens (tertiary/aromatic N) is 2. The first-order valence-electron chi connectivity index (χ1n) is 5.87. The van der Waals surface area contributed by atoms with E-state index >= 15 is 0 Å². The smallest absolute Gasteiger partial charge is 0.354 e. The third-order valence-corrected chi connectivity index (χ3v) is 3.06. The van der Waals surface area contributed by atoms with Gasteiger partial charge < -0.3 is 9.67 Å². The Morgan fingerprint density at radius 3 is 2.50 bits per heavy atom. The van der Waals surface area contributed by atoms with Crippen molar-refractivity contribution in [2.24, 2.45) is 7.05 Å². The lowest BCUT2D eigenvalue weighted by atomic mass is 10.1. The van der Waals surface area contributed by atoms with Gasteiger partial charge in [-0.05, 0) is 18.9 Å². The molecule has 0 aliphatic carbocycles. The molecule has 4 nitrogen and oxygen atoms in total. The lowest BCUT2D eigenvalue weighted by molar-refractivity contribution is 0.0686. The second-order valence-corrected chi connectivity index (χ2v) is 4.41. The fraction of sp³-hybridized carbons (Fsp3) is 0.286. The number of hydrogen-bond donors (Lipinski definition) is 1. The molecule has 1 aromatic carbocycles. The minimum Gasteiger partial charge on any atom is -0.477 e. The average Bonchev–Trinajstić information content (AvgIpc) is 2.70. The standard InChI is InChI=1S/C14H16N2O2/c1-10-3-5-11(6-4-10)7-8-13-15-9-12(14(17)18)16(13)2/h3-6,9H,7-8H2,1-2H3,(H,17,18). The number of imidazole rings is 1. The van der Waals surface area contributed by atoms with Crippen LogP contribution >= 0.6 is 0 Å². The van der Waals surface area contributed by atoms with Gasteiger partial charge in [-0.1, -0.05) is 29.8 Å². The van der Waals surface area contributed by atoms with E-state index in [1.165, 1.54) is 17.3 Å². The Labute approximate surface area is 106 Å². The molecule has 4 heteroatoms. The Balaban J connectivity index is 2.06. The van der Waals surface area contributed by atoms with Gasteiger partial charge >= 0.3 is 5.97 Å². The molecule has 0 bridgehead atoms. The van der Waals surface area contributed by atoms with Crippen molar-refractivity contribution in [1.29, 1.82) is 0 Å². The van der Waals surface area contributed by atoms with Gasteiger partial charge in [0.25, 0.3) is 0 Å². The number of aromatic nitrogens is 2. The quantitative estimate of drug-likeness (QED) is 0.897. The number of aromatic carboxylic acids is 1. The van der Waals surface area contributed by atoms with Crippen LogP contribution in [0, 0.1) is 6.92 Å². The minimum absolute atomic E-state index is 0.230. The second kappa shape index (κ2) is 5.04. The zero-order valence-corrected chi connectivity index (χ0v) is 10.6. The zero-order valence-electron chi connectivity index (χ0n) is 10.6. The van der Waals surface area contributed by atoms with Gasteiger partial charge in [0.2, 0.25) is 0 Å². The monoisotopic (exact) mass is 244 g/mol. The maximum absolute atomic E-state index is 10.9. The van der Waals surface area contributed by atoms with E-state index < -0.39 is 5.97 Å². The van der Waals surface area contributed by atoms with Gasteiger partial charge in [-0.15, -0.1) is 0 Å². The summed E-state index contributed by atoms with van der Waals surface area (Å²) in [5.74, 6) is -0.139. The van der Waals surface area contributed by atoms with E-state index in [0.717, 1.165) is 18.7 Å². The third-order valence-electron chi connectivity index (χ3n) is 3.06. The second-order valence-electron chi connectivity index (χ2n) is 4.41.